The standard InChI is InChI=1S/C36H48F2O/c1-3-5-7-9-29-12-20-32(21-13-29)34-22-14-30(15-23-34)26-36(37,38)39-27-31-16-24-35(25-17-31)33-18-10-28(11-19-33)8-6-4-2/h3-5,14-17,22-25,28-29,32-33H,2,6-13,18-21,26-27H2,1H3. The lowest BCUT2D eigenvalue weighted by Gasteiger charge is -2.29. The Morgan fingerprint density at radius 1 is 0.744 bits per heavy atom. The monoisotopic (exact) mass is 534 g/mol. The highest BCUT2D eigenvalue weighted by atomic mass is 19.3. The van der Waals surface area contributed by atoms with E-state index in [9.17, 15) is 8.78 Å². The van der Waals surface area contributed by atoms with Gasteiger partial charge < -0.3 is 4.74 Å². The second kappa shape index (κ2) is 14.9. The van der Waals surface area contributed by atoms with E-state index in [-0.39, 0.29) is 6.61 Å². The maximum Gasteiger partial charge on any atom is 0.360 e. The molecule has 2 aromatic rings. The number of hydrogen-bond donors (Lipinski definition) is 0. The fourth-order valence-electron chi connectivity index (χ4n) is 6.69. The van der Waals surface area contributed by atoms with E-state index in [1.54, 1.807) is 0 Å². The Hall–Kier alpha value is -2.26. The first-order valence-corrected chi connectivity index (χ1v) is 15.4. The van der Waals surface area contributed by atoms with E-state index in [2.05, 4.69) is 49.9 Å². The molecule has 0 spiro atoms. The molecule has 0 amide bonds. The normalized spacial score (nSPS) is 24.2. The van der Waals surface area contributed by atoms with E-state index >= 15 is 0 Å². The molecule has 0 unspecified atom stereocenters. The van der Waals surface area contributed by atoms with Crippen LogP contribution in [0, 0.1) is 11.8 Å². The maximum atomic E-state index is 14.7. The van der Waals surface area contributed by atoms with Crippen LogP contribution in [0.15, 0.2) is 73.3 Å². The minimum Gasteiger partial charge on any atom is -0.315 e. The first-order chi connectivity index (χ1) is 19.0. The van der Waals surface area contributed by atoms with Gasteiger partial charge in [-0.05, 0) is 130 Å². The average Bonchev–Trinajstić information content (AvgIpc) is 2.96. The number of benzene rings is 2. The fourth-order valence-corrected chi connectivity index (χ4v) is 6.69. The molecule has 212 valence electrons. The van der Waals surface area contributed by atoms with E-state index in [4.69, 9.17) is 4.74 Å². The van der Waals surface area contributed by atoms with Crippen LogP contribution < -0.4 is 0 Å². The van der Waals surface area contributed by atoms with Gasteiger partial charge in [0.15, 0.2) is 0 Å². The minimum absolute atomic E-state index is 0.0725. The lowest BCUT2D eigenvalue weighted by molar-refractivity contribution is -0.244. The zero-order valence-corrected chi connectivity index (χ0v) is 23.9. The van der Waals surface area contributed by atoms with E-state index in [0.29, 0.717) is 17.4 Å². The van der Waals surface area contributed by atoms with Gasteiger partial charge in [0.05, 0.1) is 13.0 Å². The molecule has 2 aliphatic rings. The van der Waals surface area contributed by atoms with Crippen molar-refractivity contribution in [2.45, 2.75) is 115 Å². The highest BCUT2D eigenvalue weighted by Crippen LogP contribution is 2.39. The van der Waals surface area contributed by atoms with Gasteiger partial charge >= 0.3 is 6.11 Å². The van der Waals surface area contributed by atoms with Crippen LogP contribution in [0.3, 0.4) is 0 Å². The Bertz CT molecular complexity index is 1010. The van der Waals surface area contributed by atoms with Crippen LogP contribution in [-0.4, -0.2) is 6.11 Å². The van der Waals surface area contributed by atoms with Gasteiger partial charge in [0, 0.05) is 0 Å². The van der Waals surface area contributed by atoms with Crippen LogP contribution >= 0.6 is 0 Å². The molecular weight excluding hydrogens is 486 g/mol. The van der Waals surface area contributed by atoms with Crippen LogP contribution in [-0.2, 0) is 17.8 Å². The molecule has 2 fully saturated rings. The third-order valence-corrected chi connectivity index (χ3v) is 9.21. The van der Waals surface area contributed by atoms with Gasteiger partial charge in [-0.25, -0.2) is 0 Å². The smallest absolute Gasteiger partial charge is 0.315 e. The van der Waals surface area contributed by atoms with Crippen molar-refractivity contribution in [3.05, 3.63) is 95.6 Å². The van der Waals surface area contributed by atoms with Crippen LogP contribution in [0.5, 0.6) is 0 Å². The van der Waals surface area contributed by atoms with Gasteiger partial charge in [0.2, 0.25) is 0 Å². The quantitative estimate of drug-likeness (QED) is 0.232. The summed E-state index contributed by atoms with van der Waals surface area (Å²) in [5.41, 5.74) is 4.05. The summed E-state index contributed by atoms with van der Waals surface area (Å²) in [6.45, 7) is 5.85. The van der Waals surface area contributed by atoms with Gasteiger partial charge in [0.25, 0.3) is 0 Å². The van der Waals surface area contributed by atoms with E-state index < -0.39 is 12.5 Å². The summed E-state index contributed by atoms with van der Waals surface area (Å²) in [4.78, 5) is 0. The Labute approximate surface area is 235 Å². The number of ether oxygens (including phenoxy) is 1. The van der Waals surface area contributed by atoms with Crippen LogP contribution in [0.2, 0.25) is 0 Å². The Morgan fingerprint density at radius 3 is 1.72 bits per heavy atom. The molecule has 2 aromatic carbocycles. The number of allylic oxidation sites excluding steroid dienone is 3. The molecule has 0 heterocycles. The lowest BCUT2D eigenvalue weighted by atomic mass is 9.77. The molecular formula is C36H48F2O. The van der Waals surface area contributed by atoms with Gasteiger partial charge in [0.1, 0.15) is 0 Å². The molecule has 0 aliphatic heterocycles. The Kier molecular flexibility index (Phi) is 11.4. The lowest BCUT2D eigenvalue weighted by Crippen LogP contribution is -2.23. The highest BCUT2D eigenvalue weighted by molar-refractivity contribution is 5.27. The van der Waals surface area contributed by atoms with Crippen molar-refractivity contribution in [1.82, 2.24) is 0 Å². The third kappa shape index (κ3) is 9.41. The average molecular weight is 535 g/mol. The van der Waals surface area contributed by atoms with Crippen molar-refractivity contribution >= 4 is 0 Å². The summed E-state index contributed by atoms with van der Waals surface area (Å²) >= 11 is 0. The molecule has 39 heavy (non-hydrogen) atoms. The molecule has 0 N–H and O–H groups in total. The predicted molar refractivity (Wildman–Crippen MR) is 159 cm³/mol. The van der Waals surface area contributed by atoms with Gasteiger partial charge in [-0.3, -0.25) is 0 Å². The number of alkyl halides is 2. The number of rotatable bonds is 13. The molecule has 0 saturated heterocycles. The molecule has 0 radical (unpaired) electrons. The van der Waals surface area contributed by atoms with Gasteiger partial charge in [-0.2, -0.15) is 8.78 Å². The third-order valence-electron chi connectivity index (χ3n) is 9.21. The van der Waals surface area contributed by atoms with Crippen molar-refractivity contribution in [1.29, 1.82) is 0 Å². The first kappa shape index (κ1) is 29.7. The summed E-state index contributed by atoms with van der Waals surface area (Å²) < 4.78 is 34.5. The zero-order chi connectivity index (χ0) is 27.5. The van der Waals surface area contributed by atoms with Crippen molar-refractivity contribution in [2.75, 3.05) is 0 Å². The van der Waals surface area contributed by atoms with E-state index in [1.807, 2.05) is 30.3 Å². The van der Waals surface area contributed by atoms with E-state index in [0.717, 1.165) is 23.8 Å². The predicted octanol–water partition coefficient (Wildman–Crippen LogP) is 10.9. The number of hydrogen-bond acceptors (Lipinski definition) is 1. The maximum absolute atomic E-state index is 14.7. The minimum atomic E-state index is -3.19. The van der Waals surface area contributed by atoms with Crippen LogP contribution in [0.4, 0.5) is 8.78 Å². The summed E-state index contributed by atoms with van der Waals surface area (Å²) in [5, 5.41) is 0. The van der Waals surface area contributed by atoms with E-state index in [1.165, 1.54) is 81.8 Å². The second-order valence-corrected chi connectivity index (χ2v) is 12.0. The molecule has 3 heteroatoms. The topological polar surface area (TPSA) is 9.23 Å². The molecule has 2 aliphatic carbocycles. The summed E-state index contributed by atoms with van der Waals surface area (Å²) in [7, 11) is 0. The van der Waals surface area contributed by atoms with Gasteiger partial charge in [-0.15, -0.1) is 6.58 Å². The SMILES string of the molecule is C=CCCC1CCC(c2ccc(COC(F)(F)Cc3ccc(C4CCC(CCC=CC)CC4)cc3)cc2)CC1. The van der Waals surface area contributed by atoms with Crippen molar-refractivity contribution in [3.63, 3.8) is 0 Å². The number of halogens is 2. The van der Waals surface area contributed by atoms with Crippen LogP contribution in [0.25, 0.3) is 0 Å². The zero-order valence-electron chi connectivity index (χ0n) is 23.9. The van der Waals surface area contributed by atoms with Crippen molar-refractivity contribution < 1.29 is 13.5 Å². The molecule has 0 bridgehead atoms. The molecule has 0 atom stereocenters. The molecule has 1 nitrogen and oxygen atoms in total. The van der Waals surface area contributed by atoms with Crippen molar-refractivity contribution in [2.24, 2.45) is 11.8 Å². The molecule has 2 saturated carbocycles. The Morgan fingerprint density at radius 2 is 1.23 bits per heavy atom. The Balaban J connectivity index is 1.20. The first-order valence-electron chi connectivity index (χ1n) is 15.4. The fraction of sp³-hybridized carbons (Fsp3) is 0.556. The second-order valence-electron chi connectivity index (χ2n) is 12.0. The molecule has 4 rings (SSSR count). The summed E-state index contributed by atoms with van der Waals surface area (Å²) in [5.74, 6) is 2.80. The summed E-state index contributed by atoms with van der Waals surface area (Å²) in [6, 6.07) is 16.0. The van der Waals surface area contributed by atoms with Gasteiger partial charge in [-0.1, -0.05) is 66.8 Å². The summed E-state index contributed by atoms with van der Waals surface area (Å²) in [6.07, 6.45) is 17.6. The molecule has 0 aromatic heterocycles. The highest BCUT2D eigenvalue weighted by Gasteiger charge is 2.31. The largest absolute Gasteiger partial charge is 0.360 e. The van der Waals surface area contributed by atoms with Crippen molar-refractivity contribution in [3.8, 4) is 0 Å². The van der Waals surface area contributed by atoms with Crippen LogP contribution in [0.1, 0.15) is 118 Å².